The smallest absolute Gasteiger partial charge is 0.226 e. The van der Waals surface area contributed by atoms with E-state index in [1.165, 1.54) is 0 Å². The number of hydrogen-bond acceptors (Lipinski definition) is 3. The Hall–Kier alpha value is -2.20. The van der Waals surface area contributed by atoms with Crippen LogP contribution in [0.25, 0.3) is 0 Å². The van der Waals surface area contributed by atoms with Gasteiger partial charge in [-0.1, -0.05) is 36.4 Å². The highest BCUT2D eigenvalue weighted by atomic mass is 16.1. The first-order valence-corrected chi connectivity index (χ1v) is 6.64. The number of hydrogen-bond donors (Lipinski definition) is 2. The third-order valence-corrected chi connectivity index (χ3v) is 3.19. The van der Waals surface area contributed by atoms with Crippen LogP contribution in [0, 0.1) is 6.92 Å². The molecule has 0 spiro atoms. The van der Waals surface area contributed by atoms with Crippen molar-refractivity contribution >= 4 is 5.91 Å². The van der Waals surface area contributed by atoms with E-state index < -0.39 is 0 Å². The standard InChI is InChI=1S/C16H19N3O/c1-12-6-5-9-18-15(12)10-16(20)19-11-14(17)13-7-3-2-4-8-13/h2-9,14H,10-11,17H2,1H3,(H,19,20). The van der Waals surface area contributed by atoms with Gasteiger partial charge in [-0.2, -0.15) is 0 Å². The van der Waals surface area contributed by atoms with Crippen molar-refractivity contribution in [2.24, 2.45) is 5.73 Å². The fourth-order valence-electron chi connectivity index (χ4n) is 1.96. The monoisotopic (exact) mass is 269 g/mol. The normalized spacial score (nSPS) is 11.9. The highest BCUT2D eigenvalue weighted by Gasteiger charge is 2.10. The minimum absolute atomic E-state index is 0.0572. The number of carbonyl (C=O) groups is 1. The molecule has 0 fully saturated rings. The molecule has 0 radical (unpaired) electrons. The molecule has 0 saturated heterocycles. The molecule has 1 aromatic heterocycles. The van der Waals surface area contributed by atoms with E-state index in [-0.39, 0.29) is 18.4 Å². The minimum Gasteiger partial charge on any atom is -0.354 e. The van der Waals surface area contributed by atoms with E-state index in [4.69, 9.17) is 5.73 Å². The molecule has 1 aromatic carbocycles. The number of aryl methyl sites for hydroxylation is 1. The summed E-state index contributed by atoms with van der Waals surface area (Å²) in [4.78, 5) is 16.1. The number of aromatic nitrogens is 1. The summed E-state index contributed by atoms with van der Waals surface area (Å²) in [6.07, 6.45) is 1.99. The fourth-order valence-corrected chi connectivity index (χ4v) is 1.96. The van der Waals surface area contributed by atoms with Crippen molar-refractivity contribution in [2.45, 2.75) is 19.4 Å². The van der Waals surface area contributed by atoms with Crippen molar-refractivity contribution in [3.63, 3.8) is 0 Å². The summed E-state index contributed by atoms with van der Waals surface area (Å²) in [5.41, 5.74) is 8.88. The van der Waals surface area contributed by atoms with E-state index in [2.05, 4.69) is 10.3 Å². The van der Waals surface area contributed by atoms with Gasteiger partial charge in [-0.15, -0.1) is 0 Å². The second-order valence-electron chi connectivity index (χ2n) is 4.77. The highest BCUT2D eigenvalue weighted by molar-refractivity contribution is 5.78. The number of nitrogens with zero attached hydrogens (tertiary/aromatic N) is 1. The van der Waals surface area contributed by atoms with Gasteiger partial charge in [0.05, 0.1) is 12.1 Å². The zero-order chi connectivity index (χ0) is 14.4. The lowest BCUT2D eigenvalue weighted by Gasteiger charge is -2.13. The summed E-state index contributed by atoms with van der Waals surface area (Å²) in [6, 6.07) is 13.4. The third kappa shape index (κ3) is 3.90. The average molecular weight is 269 g/mol. The number of pyridine rings is 1. The molecule has 1 heterocycles. The molecule has 4 heteroatoms. The molecule has 0 saturated carbocycles. The van der Waals surface area contributed by atoms with E-state index in [0.29, 0.717) is 6.54 Å². The van der Waals surface area contributed by atoms with Gasteiger partial charge >= 0.3 is 0 Å². The Morgan fingerprint density at radius 2 is 2.00 bits per heavy atom. The molecule has 0 aliphatic rings. The number of rotatable bonds is 5. The van der Waals surface area contributed by atoms with Crippen molar-refractivity contribution in [3.05, 3.63) is 65.5 Å². The summed E-state index contributed by atoms with van der Waals surface area (Å²) >= 11 is 0. The quantitative estimate of drug-likeness (QED) is 0.869. The van der Waals surface area contributed by atoms with E-state index in [1.807, 2.05) is 49.4 Å². The number of nitrogens with one attached hydrogen (secondary N) is 1. The van der Waals surface area contributed by atoms with Crippen molar-refractivity contribution in [2.75, 3.05) is 6.54 Å². The summed E-state index contributed by atoms with van der Waals surface area (Å²) in [6.45, 7) is 2.38. The highest BCUT2D eigenvalue weighted by Crippen LogP contribution is 2.08. The Morgan fingerprint density at radius 3 is 2.70 bits per heavy atom. The lowest BCUT2D eigenvalue weighted by molar-refractivity contribution is -0.120. The van der Waals surface area contributed by atoms with Crippen molar-refractivity contribution in [3.8, 4) is 0 Å². The maximum Gasteiger partial charge on any atom is 0.226 e. The van der Waals surface area contributed by atoms with Crippen molar-refractivity contribution < 1.29 is 4.79 Å². The van der Waals surface area contributed by atoms with E-state index in [1.54, 1.807) is 6.20 Å². The summed E-state index contributed by atoms with van der Waals surface area (Å²) in [7, 11) is 0. The first-order valence-electron chi connectivity index (χ1n) is 6.64. The number of benzene rings is 1. The lowest BCUT2D eigenvalue weighted by atomic mass is 10.1. The van der Waals surface area contributed by atoms with Crippen LogP contribution in [0.3, 0.4) is 0 Å². The van der Waals surface area contributed by atoms with Gasteiger partial charge in [-0.25, -0.2) is 0 Å². The topological polar surface area (TPSA) is 68.0 Å². The van der Waals surface area contributed by atoms with E-state index in [0.717, 1.165) is 16.8 Å². The molecule has 2 rings (SSSR count). The van der Waals surface area contributed by atoms with Gasteiger partial charge in [0.15, 0.2) is 0 Å². The second kappa shape index (κ2) is 6.82. The van der Waals surface area contributed by atoms with Crippen molar-refractivity contribution in [1.82, 2.24) is 10.3 Å². The molecule has 1 unspecified atom stereocenters. The predicted molar refractivity (Wildman–Crippen MR) is 79.1 cm³/mol. The van der Waals surface area contributed by atoms with Crippen LogP contribution in [-0.4, -0.2) is 17.4 Å². The summed E-state index contributed by atoms with van der Waals surface area (Å²) in [5, 5.41) is 2.85. The summed E-state index contributed by atoms with van der Waals surface area (Å²) < 4.78 is 0. The Kier molecular flexibility index (Phi) is 4.85. The maximum absolute atomic E-state index is 11.9. The number of amides is 1. The third-order valence-electron chi connectivity index (χ3n) is 3.19. The minimum atomic E-state index is -0.190. The molecule has 20 heavy (non-hydrogen) atoms. The molecule has 0 bridgehead atoms. The predicted octanol–water partition coefficient (Wildman–Crippen LogP) is 1.75. The van der Waals surface area contributed by atoms with Crippen LogP contribution >= 0.6 is 0 Å². The Morgan fingerprint density at radius 1 is 1.25 bits per heavy atom. The summed E-state index contributed by atoms with van der Waals surface area (Å²) in [5.74, 6) is -0.0572. The Labute approximate surface area is 119 Å². The average Bonchev–Trinajstić information content (AvgIpc) is 2.48. The van der Waals surface area contributed by atoms with Crippen molar-refractivity contribution in [1.29, 1.82) is 0 Å². The Balaban J connectivity index is 1.85. The van der Waals surface area contributed by atoms with Gasteiger partial charge in [-0.3, -0.25) is 9.78 Å². The molecule has 0 aliphatic heterocycles. The second-order valence-corrected chi connectivity index (χ2v) is 4.77. The SMILES string of the molecule is Cc1cccnc1CC(=O)NCC(N)c1ccccc1. The van der Waals surface area contributed by atoms with Crippen LogP contribution in [0.15, 0.2) is 48.7 Å². The lowest BCUT2D eigenvalue weighted by Crippen LogP contribution is -2.33. The van der Waals surface area contributed by atoms with Gasteiger partial charge in [0.1, 0.15) is 0 Å². The first kappa shape index (κ1) is 14.2. The van der Waals surface area contributed by atoms with Gasteiger partial charge in [0.2, 0.25) is 5.91 Å². The zero-order valence-corrected chi connectivity index (χ0v) is 11.5. The molecule has 3 N–H and O–H groups in total. The zero-order valence-electron chi connectivity index (χ0n) is 11.5. The van der Waals surface area contributed by atoms with Crippen LogP contribution in [0.2, 0.25) is 0 Å². The van der Waals surface area contributed by atoms with Crippen LogP contribution in [0.1, 0.15) is 22.9 Å². The van der Waals surface area contributed by atoms with Gasteiger partial charge in [-0.05, 0) is 24.1 Å². The number of nitrogens with two attached hydrogens (primary N) is 1. The molecule has 4 nitrogen and oxygen atoms in total. The Bertz CT molecular complexity index is 569. The largest absolute Gasteiger partial charge is 0.354 e. The van der Waals surface area contributed by atoms with Crippen LogP contribution in [0.4, 0.5) is 0 Å². The van der Waals surface area contributed by atoms with Gasteiger partial charge < -0.3 is 11.1 Å². The van der Waals surface area contributed by atoms with Gasteiger partial charge in [0.25, 0.3) is 0 Å². The van der Waals surface area contributed by atoms with E-state index in [9.17, 15) is 4.79 Å². The maximum atomic E-state index is 11.9. The molecule has 1 atom stereocenters. The van der Waals surface area contributed by atoms with E-state index >= 15 is 0 Å². The number of carbonyl (C=O) groups excluding carboxylic acids is 1. The molecular weight excluding hydrogens is 250 g/mol. The molecular formula is C16H19N3O. The van der Waals surface area contributed by atoms with Crippen LogP contribution < -0.4 is 11.1 Å². The fraction of sp³-hybridized carbons (Fsp3) is 0.250. The molecule has 104 valence electrons. The molecule has 2 aromatic rings. The van der Waals surface area contributed by atoms with Crippen LogP contribution in [-0.2, 0) is 11.2 Å². The van der Waals surface area contributed by atoms with Gasteiger partial charge in [0, 0.05) is 18.8 Å². The molecule has 1 amide bonds. The molecule has 0 aliphatic carbocycles. The van der Waals surface area contributed by atoms with Crippen LogP contribution in [0.5, 0.6) is 0 Å². The first-order chi connectivity index (χ1) is 9.66.